The number of hydrogen-bond donors (Lipinski definition) is 1. The summed E-state index contributed by atoms with van der Waals surface area (Å²) in [5.41, 5.74) is 1.65. The molecule has 1 aliphatic heterocycles. The number of amides is 1. The third-order valence-electron chi connectivity index (χ3n) is 5.33. The lowest BCUT2D eigenvalue weighted by Crippen LogP contribution is -2.32. The Morgan fingerprint density at radius 3 is 2.45 bits per heavy atom. The minimum atomic E-state index is -0.705. The van der Waals surface area contributed by atoms with Gasteiger partial charge in [-0.05, 0) is 58.6 Å². The Morgan fingerprint density at radius 2 is 1.87 bits per heavy atom. The molecule has 31 heavy (non-hydrogen) atoms. The van der Waals surface area contributed by atoms with Gasteiger partial charge in [-0.2, -0.15) is 0 Å². The van der Waals surface area contributed by atoms with E-state index in [1.165, 1.54) is 11.1 Å². The summed E-state index contributed by atoms with van der Waals surface area (Å²) in [6.45, 7) is 4.64. The minimum Gasteiger partial charge on any atom is -0.507 e. The van der Waals surface area contributed by atoms with Crippen molar-refractivity contribution in [3.8, 4) is 5.75 Å². The summed E-state index contributed by atoms with van der Waals surface area (Å²) in [5.74, 6) is -0.359. The molecule has 0 bridgehead atoms. The number of aliphatic hydroxyl groups is 1. The zero-order valence-electron chi connectivity index (χ0n) is 18.5. The van der Waals surface area contributed by atoms with Gasteiger partial charge in [0.05, 0.1) is 30.0 Å². The lowest BCUT2D eigenvalue weighted by Gasteiger charge is -2.26. The Bertz CT molecular complexity index is 1010. The van der Waals surface area contributed by atoms with E-state index in [1.54, 1.807) is 45.2 Å². The Kier molecular flexibility index (Phi) is 6.70. The highest BCUT2D eigenvalue weighted by molar-refractivity contribution is 6.46. The third kappa shape index (κ3) is 4.59. The monoisotopic (exact) mass is 424 g/mol. The molecule has 1 atom stereocenters. The summed E-state index contributed by atoms with van der Waals surface area (Å²) in [6.07, 6.45) is 2.18. The van der Waals surface area contributed by atoms with E-state index in [2.05, 4.69) is 9.97 Å². The van der Waals surface area contributed by atoms with E-state index < -0.39 is 17.7 Å². The van der Waals surface area contributed by atoms with Gasteiger partial charge in [0.15, 0.2) is 0 Å². The van der Waals surface area contributed by atoms with E-state index >= 15 is 0 Å². The molecule has 1 aromatic carbocycles. The van der Waals surface area contributed by atoms with Crippen LogP contribution in [0.1, 0.15) is 35.1 Å². The highest BCUT2D eigenvalue weighted by Gasteiger charge is 2.46. The molecule has 0 aliphatic carbocycles. The maximum atomic E-state index is 13.0. The number of likely N-dealkylation sites (tertiary alicyclic amines) is 1. The van der Waals surface area contributed by atoms with Crippen molar-refractivity contribution in [3.05, 3.63) is 58.7 Å². The molecular formula is C23H28N4O4. The summed E-state index contributed by atoms with van der Waals surface area (Å²) < 4.78 is 5.23. The quantitative estimate of drug-likeness (QED) is 0.414. The number of Topliss-reactive ketones (excluding diaryl/α,β-unsaturated/α-hetero) is 1. The number of ketones is 1. The number of aliphatic hydroxyl groups excluding tert-OH is 1. The number of aryl methyl sites for hydroxylation is 2. The van der Waals surface area contributed by atoms with Crippen molar-refractivity contribution < 1.29 is 19.4 Å². The van der Waals surface area contributed by atoms with E-state index in [0.29, 0.717) is 35.8 Å². The van der Waals surface area contributed by atoms with E-state index in [1.807, 2.05) is 19.0 Å². The Morgan fingerprint density at radius 1 is 1.19 bits per heavy atom. The minimum absolute atomic E-state index is 0.0515. The van der Waals surface area contributed by atoms with Gasteiger partial charge in [-0.15, -0.1) is 0 Å². The van der Waals surface area contributed by atoms with Gasteiger partial charge in [-0.25, -0.2) is 9.97 Å². The van der Waals surface area contributed by atoms with Crippen molar-refractivity contribution in [2.75, 3.05) is 34.3 Å². The lowest BCUT2D eigenvalue weighted by atomic mass is 9.95. The number of carbonyl (C=O) groups excluding carboxylic acids is 2. The van der Waals surface area contributed by atoms with Gasteiger partial charge in [-0.1, -0.05) is 12.1 Å². The van der Waals surface area contributed by atoms with Gasteiger partial charge in [0.2, 0.25) is 0 Å². The fourth-order valence-corrected chi connectivity index (χ4v) is 3.76. The first-order chi connectivity index (χ1) is 14.7. The van der Waals surface area contributed by atoms with Crippen LogP contribution in [-0.2, 0) is 9.59 Å². The maximum Gasteiger partial charge on any atom is 0.295 e. The van der Waals surface area contributed by atoms with Crippen LogP contribution in [0, 0.1) is 13.8 Å². The van der Waals surface area contributed by atoms with Gasteiger partial charge >= 0.3 is 0 Å². The van der Waals surface area contributed by atoms with Crippen LogP contribution >= 0.6 is 0 Å². The fraction of sp³-hybridized carbons (Fsp3) is 0.391. The largest absolute Gasteiger partial charge is 0.507 e. The predicted octanol–water partition coefficient (Wildman–Crippen LogP) is 2.48. The number of carbonyl (C=O) groups is 2. The average Bonchev–Trinajstić information content (AvgIpc) is 2.98. The zero-order chi connectivity index (χ0) is 22.7. The van der Waals surface area contributed by atoms with Crippen LogP contribution < -0.4 is 4.74 Å². The second kappa shape index (κ2) is 9.26. The number of benzene rings is 1. The molecule has 8 heteroatoms. The molecule has 0 spiro atoms. The maximum absolute atomic E-state index is 13.0. The summed E-state index contributed by atoms with van der Waals surface area (Å²) in [4.78, 5) is 37.9. The molecule has 8 nitrogen and oxygen atoms in total. The molecule has 1 N–H and O–H groups in total. The number of aromatic nitrogens is 2. The molecule has 2 aromatic rings. The molecule has 2 heterocycles. The molecule has 0 radical (unpaired) electrons. The molecule has 0 saturated carbocycles. The molecule has 3 rings (SSSR count). The van der Waals surface area contributed by atoms with Crippen LogP contribution in [0.2, 0.25) is 0 Å². The smallest absolute Gasteiger partial charge is 0.295 e. The van der Waals surface area contributed by atoms with Crippen molar-refractivity contribution >= 4 is 17.4 Å². The summed E-state index contributed by atoms with van der Waals surface area (Å²) in [5, 5.41) is 11.1. The molecule has 1 fully saturated rings. The van der Waals surface area contributed by atoms with Crippen LogP contribution in [-0.4, -0.2) is 70.9 Å². The van der Waals surface area contributed by atoms with Crippen LogP contribution in [0.3, 0.4) is 0 Å². The summed E-state index contributed by atoms with van der Waals surface area (Å²) >= 11 is 0. The first-order valence-corrected chi connectivity index (χ1v) is 10.1. The number of nitrogens with zero attached hydrogens (tertiary/aromatic N) is 4. The van der Waals surface area contributed by atoms with Crippen LogP contribution in [0.5, 0.6) is 5.75 Å². The van der Waals surface area contributed by atoms with Crippen LogP contribution in [0.15, 0.2) is 36.0 Å². The highest BCUT2D eigenvalue weighted by atomic mass is 16.5. The standard InChI is InChI=1S/C23H28N4O4/c1-14-18(13-24-15(2)25-14)21(28)19-20(16-7-9-17(31-5)10-8-16)27(23(30)22(19)29)12-6-11-26(3)4/h7-10,13,20,28H,6,11-12H2,1-5H3/b21-19+/t20-/m0/s1. The van der Waals surface area contributed by atoms with Crippen molar-refractivity contribution in [2.24, 2.45) is 0 Å². The zero-order valence-corrected chi connectivity index (χ0v) is 18.5. The van der Waals surface area contributed by atoms with Gasteiger partial charge in [0.1, 0.15) is 17.3 Å². The topological polar surface area (TPSA) is 95.9 Å². The summed E-state index contributed by atoms with van der Waals surface area (Å²) in [6, 6.07) is 6.46. The first kappa shape index (κ1) is 22.4. The predicted molar refractivity (Wildman–Crippen MR) is 117 cm³/mol. The van der Waals surface area contributed by atoms with E-state index in [0.717, 1.165) is 12.1 Å². The second-order valence-corrected chi connectivity index (χ2v) is 7.84. The molecule has 0 unspecified atom stereocenters. The Hall–Kier alpha value is -3.26. The van der Waals surface area contributed by atoms with Crippen LogP contribution in [0.25, 0.3) is 5.76 Å². The number of rotatable bonds is 7. The Balaban J connectivity index is 2.11. The fourth-order valence-electron chi connectivity index (χ4n) is 3.76. The van der Waals surface area contributed by atoms with Crippen molar-refractivity contribution in [2.45, 2.75) is 26.3 Å². The number of ether oxygens (including phenoxy) is 1. The van der Waals surface area contributed by atoms with Gasteiger partial charge < -0.3 is 19.6 Å². The lowest BCUT2D eigenvalue weighted by molar-refractivity contribution is -0.139. The molecule has 1 saturated heterocycles. The Labute approximate surface area is 182 Å². The molecule has 1 amide bonds. The van der Waals surface area contributed by atoms with Crippen molar-refractivity contribution in [1.82, 2.24) is 19.8 Å². The van der Waals surface area contributed by atoms with Crippen molar-refractivity contribution in [1.29, 1.82) is 0 Å². The molecule has 1 aromatic heterocycles. The van der Waals surface area contributed by atoms with Crippen molar-refractivity contribution in [3.63, 3.8) is 0 Å². The average molecular weight is 425 g/mol. The second-order valence-electron chi connectivity index (χ2n) is 7.84. The first-order valence-electron chi connectivity index (χ1n) is 10.1. The normalized spacial score (nSPS) is 18.1. The highest BCUT2D eigenvalue weighted by Crippen LogP contribution is 2.40. The number of hydrogen-bond acceptors (Lipinski definition) is 7. The molecule has 164 valence electrons. The molecular weight excluding hydrogens is 396 g/mol. The molecule has 1 aliphatic rings. The van der Waals surface area contributed by atoms with E-state index in [9.17, 15) is 14.7 Å². The van der Waals surface area contributed by atoms with Gasteiger partial charge in [0, 0.05) is 12.7 Å². The van der Waals surface area contributed by atoms with Gasteiger partial charge in [0.25, 0.3) is 11.7 Å². The van der Waals surface area contributed by atoms with Crippen LogP contribution in [0.4, 0.5) is 0 Å². The van der Waals surface area contributed by atoms with Gasteiger partial charge in [-0.3, -0.25) is 9.59 Å². The van der Waals surface area contributed by atoms with E-state index in [4.69, 9.17) is 4.74 Å². The SMILES string of the molecule is COc1ccc([C@H]2/C(=C(\O)c3cnc(C)nc3C)C(=O)C(=O)N2CCCN(C)C)cc1. The number of methoxy groups -OCH3 is 1. The van der Waals surface area contributed by atoms with E-state index in [-0.39, 0.29) is 11.3 Å². The third-order valence-corrected chi connectivity index (χ3v) is 5.33. The summed E-state index contributed by atoms with van der Waals surface area (Å²) in [7, 11) is 5.48.